The highest BCUT2D eigenvalue weighted by Crippen LogP contribution is 2.19. The molecule has 0 bridgehead atoms. The largest absolute Gasteiger partial charge is 0.480 e. The lowest BCUT2D eigenvalue weighted by Crippen LogP contribution is -2.51. The number of carboxylic acids is 1. The van der Waals surface area contributed by atoms with Gasteiger partial charge in [0.05, 0.1) is 0 Å². The molecule has 0 spiro atoms. The summed E-state index contributed by atoms with van der Waals surface area (Å²) in [7, 11) is 0. The first kappa shape index (κ1) is 23.4. The lowest BCUT2D eigenvalue weighted by molar-refractivity contribution is -0.138. The zero-order valence-corrected chi connectivity index (χ0v) is 17.5. The van der Waals surface area contributed by atoms with Crippen LogP contribution in [0, 0.1) is 0 Å². The molecule has 162 valence electrons. The van der Waals surface area contributed by atoms with Gasteiger partial charge in [0.25, 0.3) is 0 Å². The molecule has 2 heterocycles. The fourth-order valence-corrected chi connectivity index (χ4v) is 3.22. The van der Waals surface area contributed by atoms with Crippen LogP contribution in [0.5, 0.6) is 5.75 Å². The Kier molecular flexibility index (Phi) is 8.82. The molecule has 10 heteroatoms. The number of halogens is 1. The summed E-state index contributed by atoms with van der Waals surface area (Å²) in [6.07, 6.45) is 4.84. The van der Waals surface area contributed by atoms with Gasteiger partial charge in [-0.25, -0.2) is 25.0 Å². The summed E-state index contributed by atoms with van der Waals surface area (Å²) in [6.45, 7) is 3.87. The number of carboxylic acid groups (broad SMARTS) is 1. The van der Waals surface area contributed by atoms with E-state index in [1.165, 1.54) is 11.3 Å². The third-order valence-electron chi connectivity index (χ3n) is 4.66. The molecule has 2 N–H and O–H groups in total. The van der Waals surface area contributed by atoms with Crippen LogP contribution in [-0.4, -0.2) is 57.7 Å². The van der Waals surface area contributed by atoms with Gasteiger partial charge in [-0.2, -0.15) is 0 Å². The zero-order chi connectivity index (χ0) is 20.6. The molecule has 1 aromatic carbocycles. The number of anilines is 1. The first-order valence-electron chi connectivity index (χ1n) is 9.65. The number of aromatic nitrogens is 2. The summed E-state index contributed by atoms with van der Waals surface area (Å²) in [4.78, 5) is 33.8. The normalized spacial score (nSPS) is 14.0. The van der Waals surface area contributed by atoms with Gasteiger partial charge < -0.3 is 14.7 Å². The number of nitrogens with one attached hydrogen (secondary N) is 1. The second kappa shape index (κ2) is 11.3. The molecule has 0 aliphatic carbocycles. The molecule has 0 unspecified atom stereocenters. The van der Waals surface area contributed by atoms with Crippen LogP contribution in [0.25, 0.3) is 0 Å². The van der Waals surface area contributed by atoms with Gasteiger partial charge >= 0.3 is 12.1 Å². The molecule has 3 rings (SSSR count). The third-order valence-corrected chi connectivity index (χ3v) is 4.66. The maximum Gasteiger partial charge on any atom is 0.415 e. The van der Waals surface area contributed by atoms with Crippen LogP contribution >= 0.6 is 12.4 Å². The molecule has 1 amide bonds. The highest BCUT2D eigenvalue weighted by Gasteiger charge is 2.27. The van der Waals surface area contributed by atoms with Gasteiger partial charge in [-0.1, -0.05) is 19.1 Å². The zero-order valence-electron chi connectivity index (χ0n) is 16.7. The van der Waals surface area contributed by atoms with Gasteiger partial charge in [0, 0.05) is 38.3 Å². The van der Waals surface area contributed by atoms with Crippen molar-refractivity contribution in [3.8, 4) is 5.75 Å². The molecule has 0 saturated carbocycles. The van der Waals surface area contributed by atoms with Gasteiger partial charge in [0.2, 0.25) is 0 Å². The Hall–Kier alpha value is -2.91. The SMILES string of the molecule is CCNN(c1ccncn1)[C@@H](Cc1ccc(OC(=O)N2CCCC2)cc1)C(=O)O.Cl. The van der Waals surface area contributed by atoms with Crippen molar-refractivity contribution in [2.24, 2.45) is 0 Å². The van der Waals surface area contributed by atoms with Crippen LogP contribution in [0.3, 0.4) is 0 Å². The Bertz CT molecular complexity index is 816. The number of amides is 1. The number of nitrogens with zero attached hydrogens (tertiary/aromatic N) is 4. The van der Waals surface area contributed by atoms with Crippen molar-refractivity contribution >= 4 is 30.3 Å². The number of hydrazine groups is 1. The van der Waals surface area contributed by atoms with Gasteiger partial charge in [-0.05, 0) is 30.5 Å². The predicted octanol–water partition coefficient (Wildman–Crippen LogP) is 2.52. The van der Waals surface area contributed by atoms with E-state index in [9.17, 15) is 14.7 Å². The lowest BCUT2D eigenvalue weighted by Gasteiger charge is -2.30. The highest BCUT2D eigenvalue weighted by atomic mass is 35.5. The van der Waals surface area contributed by atoms with E-state index in [2.05, 4.69) is 15.4 Å². The van der Waals surface area contributed by atoms with E-state index in [0.29, 0.717) is 18.1 Å². The molecule has 1 aliphatic heterocycles. The number of ether oxygens (including phenoxy) is 1. The maximum absolute atomic E-state index is 12.1. The molecular weight excluding hydrogens is 410 g/mol. The van der Waals surface area contributed by atoms with E-state index >= 15 is 0 Å². The van der Waals surface area contributed by atoms with Crippen LogP contribution in [0.1, 0.15) is 25.3 Å². The number of likely N-dealkylation sites (tertiary alicyclic amines) is 1. The summed E-state index contributed by atoms with van der Waals surface area (Å²) in [5.74, 6) is -0.0589. The Morgan fingerprint density at radius 3 is 2.50 bits per heavy atom. The average Bonchev–Trinajstić information content (AvgIpc) is 3.27. The van der Waals surface area contributed by atoms with E-state index in [0.717, 1.165) is 31.5 Å². The van der Waals surface area contributed by atoms with E-state index in [1.807, 2.05) is 6.92 Å². The molecular formula is C20H26ClN5O4. The first-order chi connectivity index (χ1) is 14.1. The molecule has 30 heavy (non-hydrogen) atoms. The Balaban J connectivity index is 0.00000320. The first-order valence-corrected chi connectivity index (χ1v) is 9.65. The molecule has 9 nitrogen and oxygen atoms in total. The van der Waals surface area contributed by atoms with Crippen molar-refractivity contribution in [3.63, 3.8) is 0 Å². The minimum absolute atomic E-state index is 0. The maximum atomic E-state index is 12.1. The van der Waals surface area contributed by atoms with Crippen molar-refractivity contribution in [1.82, 2.24) is 20.3 Å². The average molecular weight is 436 g/mol. The van der Waals surface area contributed by atoms with Crippen molar-refractivity contribution in [2.45, 2.75) is 32.2 Å². The Morgan fingerprint density at radius 2 is 1.93 bits per heavy atom. The quantitative estimate of drug-likeness (QED) is 0.609. The lowest BCUT2D eigenvalue weighted by atomic mass is 10.1. The third kappa shape index (κ3) is 6.04. The highest BCUT2D eigenvalue weighted by molar-refractivity contribution is 5.85. The van der Waals surface area contributed by atoms with Gasteiger partial charge in [-0.15, -0.1) is 12.4 Å². The van der Waals surface area contributed by atoms with Crippen LogP contribution in [0.4, 0.5) is 10.6 Å². The van der Waals surface area contributed by atoms with Crippen molar-refractivity contribution in [3.05, 3.63) is 48.4 Å². The van der Waals surface area contributed by atoms with Crippen molar-refractivity contribution in [2.75, 3.05) is 24.6 Å². The van der Waals surface area contributed by atoms with Crippen LogP contribution in [0.2, 0.25) is 0 Å². The molecule has 1 atom stereocenters. The van der Waals surface area contributed by atoms with Crippen molar-refractivity contribution < 1.29 is 19.4 Å². The van der Waals surface area contributed by atoms with Crippen LogP contribution < -0.4 is 15.2 Å². The number of rotatable bonds is 8. The molecule has 2 aromatic rings. The number of carbonyl (C=O) groups is 2. The minimum Gasteiger partial charge on any atom is -0.480 e. The van der Waals surface area contributed by atoms with Crippen molar-refractivity contribution in [1.29, 1.82) is 0 Å². The fraction of sp³-hybridized carbons (Fsp3) is 0.400. The van der Waals surface area contributed by atoms with E-state index < -0.39 is 12.0 Å². The Labute approximate surface area is 181 Å². The summed E-state index contributed by atoms with van der Waals surface area (Å²) in [5, 5.41) is 11.3. The summed E-state index contributed by atoms with van der Waals surface area (Å²) in [5.41, 5.74) is 3.86. The monoisotopic (exact) mass is 435 g/mol. The number of hydrogen-bond acceptors (Lipinski definition) is 7. The second-order valence-corrected chi connectivity index (χ2v) is 6.71. The second-order valence-electron chi connectivity index (χ2n) is 6.71. The number of aliphatic carboxylic acids is 1. The summed E-state index contributed by atoms with van der Waals surface area (Å²) < 4.78 is 5.39. The standard InChI is InChI=1S/C20H25N5O4.ClH/c1-2-23-25(18-9-10-21-14-22-18)17(19(26)27)13-15-5-7-16(8-6-15)29-20(28)24-11-3-4-12-24;/h5-10,14,17,23H,2-4,11-13H2,1H3,(H,26,27);1H/t17-;/m0./s1. The van der Waals surface area contributed by atoms with E-state index in [-0.39, 0.29) is 24.9 Å². The summed E-state index contributed by atoms with van der Waals surface area (Å²) in [6, 6.07) is 7.69. The Morgan fingerprint density at radius 1 is 1.23 bits per heavy atom. The van der Waals surface area contributed by atoms with E-state index in [1.54, 1.807) is 41.4 Å². The smallest absolute Gasteiger partial charge is 0.415 e. The fourth-order valence-electron chi connectivity index (χ4n) is 3.22. The van der Waals surface area contributed by atoms with Gasteiger partial charge in [0.1, 0.15) is 23.9 Å². The van der Waals surface area contributed by atoms with Crippen LogP contribution in [-0.2, 0) is 11.2 Å². The molecule has 1 aliphatic rings. The minimum atomic E-state index is -0.978. The number of benzene rings is 1. The number of hydrogen-bond donors (Lipinski definition) is 2. The summed E-state index contributed by atoms with van der Waals surface area (Å²) >= 11 is 0. The molecule has 1 fully saturated rings. The molecule has 1 saturated heterocycles. The molecule has 0 radical (unpaired) electrons. The number of carbonyl (C=O) groups excluding carboxylic acids is 1. The topological polar surface area (TPSA) is 108 Å². The van der Waals surface area contributed by atoms with Gasteiger partial charge in [-0.3, -0.25) is 5.01 Å². The van der Waals surface area contributed by atoms with Crippen LogP contribution in [0.15, 0.2) is 42.9 Å². The van der Waals surface area contributed by atoms with Gasteiger partial charge in [0.15, 0.2) is 0 Å². The molecule has 1 aromatic heterocycles. The predicted molar refractivity (Wildman–Crippen MR) is 114 cm³/mol. The van der Waals surface area contributed by atoms with E-state index in [4.69, 9.17) is 4.74 Å².